The third-order valence-electron chi connectivity index (χ3n) is 3.46. The summed E-state index contributed by atoms with van der Waals surface area (Å²) in [6.45, 7) is 0. The maximum absolute atomic E-state index is 12.0. The van der Waals surface area contributed by atoms with Crippen LogP contribution in [-0.2, 0) is 0 Å². The van der Waals surface area contributed by atoms with E-state index < -0.39 is 5.56 Å². The first-order chi connectivity index (χ1) is 12.9. The monoisotopic (exact) mass is 364 g/mol. The first-order valence-electron chi connectivity index (χ1n) is 7.77. The van der Waals surface area contributed by atoms with E-state index in [1.165, 1.54) is 12.3 Å². The van der Waals surface area contributed by atoms with Crippen LogP contribution in [0.3, 0.4) is 0 Å². The van der Waals surface area contributed by atoms with Gasteiger partial charge in [0.25, 0.3) is 5.88 Å². The molecule has 9 heteroatoms. The molecule has 3 rings (SSSR count). The Kier molecular flexibility index (Phi) is 4.84. The Labute approximate surface area is 153 Å². The van der Waals surface area contributed by atoms with Gasteiger partial charge in [0.15, 0.2) is 0 Å². The smallest absolute Gasteiger partial charge is 0.311 e. The number of nitrogens with one attached hydrogen (secondary N) is 3. The van der Waals surface area contributed by atoms with Crippen molar-refractivity contribution in [1.29, 1.82) is 10.8 Å². The molecule has 0 saturated carbocycles. The summed E-state index contributed by atoms with van der Waals surface area (Å²) in [5, 5.41) is 14.9. The number of rotatable bonds is 6. The summed E-state index contributed by atoms with van der Waals surface area (Å²) in [5.41, 5.74) is 11.3. The molecule has 0 radical (unpaired) electrons. The average Bonchev–Trinajstić information content (AvgIpc) is 2.65. The molecule has 136 valence electrons. The third kappa shape index (κ3) is 4.28. The summed E-state index contributed by atoms with van der Waals surface area (Å²) in [4.78, 5) is 18.5. The fraction of sp³-hybridized carbons (Fsp3) is 0. The van der Waals surface area contributed by atoms with Gasteiger partial charge in [0.2, 0.25) is 5.88 Å². The number of hydrogen-bond acceptors (Lipinski definition) is 6. The van der Waals surface area contributed by atoms with E-state index in [0.29, 0.717) is 22.6 Å². The van der Waals surface area contributed by atoms with Crippen molar-refractivity contribution >= 4 is 11.7 Å². The van der Waals surface area contributed by atoms with Crippen LogP contribution >= 0.6 is 0 Å². The van der Waals surface area contributed by atoms with Gasteiger partial charge in [-0.25, -0.2) is 0 Å². The lowest BCUT2D eigenvalue weighted by Gasteiger charge is -2.09. The first-order valence-corrected chi connectivity index (χ1v) is 7.77. The van der Waals surface area contributed by atoms with Gasteiger partial charge in [0.1, 0.15) is 23.2 Å². The highest BCUT2D eigenvalue weighted by atomic mass is 16.5. The van der Waals surface area contributed by atoms with Gasteiger partial charge < -0.3 is 25.9 Å². The Morgan fingerprint density at radius 3 is 2.04 bits per heavy atom. The second kappa shape index (κ2) is 7.40. The molecular weight excluding hydrogens is 348 g/mol. The molecule has 0 aliphatic carbocycles. The maximum atomic E-state index is 12.0. The van der Waals surface area contributed by atoms with Crippen LogP contribution in [0.5, 0.6) is 23.3 Å². The van der Waals surface area contributed by atoms with Crippen LogP contribution in [0.4, 0.5) is 0 Å². The molecular formula is C18H16N6O3. The van der Waals surface area contributed by atoms with Crippen LogP contribution in [0.2, 0.25) is 0 Å². The molecule has 0 fully saturated rings. The summed E-state index contributed by atoms with van der Waals surface area (Å²) in [5.74, 6) is 0.348. The van der Waals surface area contributed by atoms with Crippen molar-refractivity contribution in [1.82, 2.24) is 9.97 Å². The van der Waals surface area contributed by atoms with Gasteiger partial charge in [-0.15, -0.1) is 0 Å². The zero-order valence-corrected chi connectivity index (χ0v) is 14.0. The lowest BCUT2D eigenvalue weighted by molar-refractivity contribution is 0.417. The number of H-pyrrole nitrogens is 1. The van der Waals surface area contributed by atoms with Crippen molar-refractivity contribution in [3.63, 3.8) is 0 Å². The van der Waals surface area contributed by atoms with E-state index >= 15 is 0 Å². The number of benzene rings is 2. The standard InChI is InChI=1S/C18H16N6O3/c19-15(20)10-3-1-5-12(7-10)26-14-9-23-17(25)18(24-14)27-13-6-2-4-11(8-13)16(21)22/h1-9H,(H3,19,20)(H3,21,22)(H,23,25). The fourth-order valence-corrected chi connectivity index (χ4v) is 2.18. The molecule has 3 aromatic rings. The van der Waals surface area contributed by atoms with Crippen molar-refractivity contribution in [3.05, 3.63) is 76.2 Å². The summed E-state index contributed by atoms with van der Waals surface area (Å²) < 4.78 is 11.1. The van der Waals surface area contributed by atoms with Crippen LogP contribution < -0.4 is 26.5 Å². The number of ether oxygens (including phenoxy) is 2. The van der Waals surface area contributed by atoms with E-state index in [4.69, 9.17) is 31.8 Å². The Balaban J connectivity index is 1.85. The van der Waals surface area contributed by atoms with Crippen LogP contribution in [0.15, 0.2) is 59.5 Å². The number of nitrogens with two attached hydrogens (primary N) is 2. The van der Waals surface area contributed by atoms with Crippen molar-refractivity contribution < 1.29 is 9.47 Å². The van der Waals surface area contributed by atoms with Gasteiger partial charge in [0, 0.05) is 11.1 Å². The number of nitrogens with zero attached hydrogens (tertiary/aromatic N) is 1. The molecule has 7 N–H and O–H groups in total. The minimum Gasteiger partial charge on any atom is -0.437 e. The topological polar surface area (TPSA) is 164 Å². The van der Waals surface area contributed by atoms with Gasteiger partial charge >= 0.3 is 5.56 Å². The molecule has 0 saturated heterocycles. The Morgan fingerprint density at radius 2 is 1.48 bits per heavy atom. The van der Waals surface area contributed by atoms with Crippen LogP contribution in [0, 0.1) is 10.8 Å². The summed E-state index contributed by atoms with van der Waals surface area (Å²) in [6, 6.07) is 13.0. The van der Waals surface area contributed by atoms with E-state index in [1.807, 2.05) is 0 Å². The van der Waals surface area contributed by atoms with Crippen LogP contribution in [0.25, 0.3) is 0 Å². The largest absolute Gasteiger partial charge is 0.437 e. The minimum atomic E-state index is -0.548. The van der Waals surface area contributed by atoms with E-state index in [9.17, 15) is 4.79 Å². The number of amidine groups is 2. The molecule has 1 heterocycles. The van der Waals surface area contributed by atoms with Crippen LogP contribution in [0.1, 0.15) is 11.1 Å². The van der Waals surface area contributed by atoms with Crippen molar-refractivity contribution in [3.8, 4) is 23.3 Å². The molecule has 0 atom stereocenters. The average molecular weight is 364 g/mol. The van der Waals surface area contributed by atoms with Gasteiger partial charge in [-0.1, -0.05) is 24.3 Å². The molecule has 2 aromatic carbocycles. The van der Waals surface area contributed by atoms with E-state index in [0.717, 1.165) is 0 Å². The number of aromatic nitrogens is 2. The van der Waals surface area contributed by atoms with E-state index in [-0.39, 0.29) is 23.4 Å². The summed E-state index contributed by atoms with van der Waals surface area (Å²) >= 11 is 0. The molecule has 0 amide bonds. The third-order valence-corrected chi connectivity index (χ3v) is 3.46. The van der Waals surface area contributed by atoms with Gasteiger partial charge in [-0.3, -0.25) is 15.6 Å². The van der Waals surface area contributed by atoms with E-state index in [2.05, 4.69) is 9.97 Å². The van der Waals surface area contributed by atoms with Crippen molar-refractivity contribution in [2.24, 2.45) is 11.5 Å². The lowest BCUT2D eigenvalue weighted by atomic mass is 10.2. The molecule has 27 heavy (non-hydrogen) atoms. The zero-order chi connectivity index (χ0) is 19.4. The predicted molar refractivity (Wildman–Crippen MR) is 99.9 cm³/mol. The molecule has 9 nitrogen and oxygen atoms in total. The maximum Gasteiger partial charge on any atom is 0.311 e. The molecule has 0 spiro atoms. The quantitative estimate of drug-likeness (QED) is 0.331. The Morgan fingerprint density at radius 1 is 0.926 bits per heavy atom. The molecule has 0 bridgehead atoms. The second-order valence-corrected chi connectivity index (χ2v) is 5.46. The van der Waals surface area contributed by atoms with Gasteiger partial charge in [-0.05, 0) is 24.3 Å². The van der Waals surface area contributed by atoms with Gasteiger partial charge in [0.05, 0.1) is 6.20 Å². The zero-order valence-electron chi connectivity index (χ0n) is 14.0. The minimum absolute atomic E-state index is 0.0908. The molecule has 0 aliphatic rings. The summed E-state index contributed by atoms with van der Waals surface area (Å²) in [6.07, 6.45) is 1.29. The fourth-order valence-electron chi connectivity index (χ4n) is 2.18. The number of hydrogen-bond donors (Lipinski definition) is 5. The number of aromatic amines is 1. The molecule has 0 aliphatic heterocycles. The first kappa shape index (κ1) is 17.7. The highest BCUT2D eigenvalue weighted by Gasteiger charge is 2.10. The summed E-state index contributed by atoms with van der Waals surface area (Å²) in [7, 11) is 0. The van der Waals surface area contributed by atoms with Crippen molar-refractivity contribution in [2.75, 3.05) is 0 Å². The Bertz CT molecular complexity index is 1080. The normalized spacial score (nSPS) is 10.2. The predicted octanol–water partition coefficient (Wildman–Crippen LogP) is 1.92. The highest BCUT2D eigenvalue weighted by Crippen LogP contribution is 2.23. The van der Waals surface area contributed by atoms with Crippen molar-refractivity contribution in [2.45, 2.75) is 0 Å². The van der Waals surface area contributed by atoms with Gasteiger partial charge in [-0.2, -0.15) is 4.98 Å². The second-order valence-electron chi connectivity index (χ2n) is 5.46. The van der Waals surface area contributed by atoms with E-state index in [1.54, 1.807) is 42.5 Å². The highest BCUT2D eigenvalue weighted by molar-refractivity contribution is 5.95. The SMILES string of the molecule is N=C(N)c1cccc(Oc2c[nH]c(=O)c(Oc3cccc(C(=N)N)c3)n2)c1. The molecule has 1 aromatic heterocycles. The van der Waals surface area contributed by atoms with Crippen LogP contribution in [-0.4, -0.2) is 21.6 Å². The lowest BCUT2D eigenvalue weighted by Crippen LogP contribution is -2.13. The number of nitrogen functional groups attached to an aromatic ring is 2. The Hall–Kier alpha value is -4.14. The molecule has 0 unspecified atom stereocenters.